The van der Waals surface area contributed by atoms with Gasteiger partial charge in [-0.05, 0) is 50.0 Å². The van der Waals surface area contributed by atoms with Gasteiger partial charge >= 0.3 is 0 Å². The summed E-state index contributed by atoms with van der Waals surface area (Å²) in [5, 5.41) is 3.18. The van der Waals surface area contributed by atoms with E-state index in [0.717, 1.165) is 19.4 Å². The SMILES string of the molecule is CCc1ccc(C)c(CCNC)c1. The molecule has 0 saturated carbocycles. The van der Waals surface area contributed by atoms with E-state index in [1.54, 1.807) is 0 Å². The maximum absolute atomic E-state index is 3.18. The second-order valence-electron chi connectivity index (χ2n) is 3.47. The van der Waals surface area contributed by atoms with Crippen molar-refractivity contribution >= 4 is 0 Å². The molecule has 1 N–H and O–H groups in total. The molecule has 0 amide bonds. The third kappa shape index (κ3) is 2.85. The van der Waals surface area contributed by atoms with E-state index < -0.39 is 0 Å². The molecule has 0 aliphatic carbocycles. The van der Waals surface area contributed by atoms with Crippen LogP contribution in [0.5, 0.6) is 0 Å². The largest absolute Gasteiger partial charge is 0.319 e. The van der Waals surface area contributed by atoms with Crippen molar-refractivity contribution in [2.24, 2.45) is 0 Å². The van der Waals surface area contributed by atoms with Crippen LogP contribution in [0.15, 0.2) is 18.2 Å². The maximum Gasteiger partial charge on any atom is -0.00113 e. The fourth-order valence-corrected chi connectivity index (χ4v) is 1.47. The first-order valence-electron chi connectivity index (χ1n) is 5.01. The monoisotopic (exact) mass is 177 g/mol. The molecule has 1 aromatic rings. The van der Waals surface area contributed by atoms with Crippen molar-refractivity contribution in [1.82, 2.24) is 5.32 Å². The van der Waals surface area contributed by atoms with E-state index in [-0.39, 0.29) is 0 Å². The molecule has 0 aliphatic rings. The van der Waals surface area contributed by atoms with Crippen LogP contribution < -0.4 is 5.32 Å². The van der Waals surface area contributed by atoms with Gasteiger partial charge in [0, 0.05) is 0 Å². The topological polar surface area (TPSA) is 12.0 Å². The minimum Gasteiger partial charge on any atom is -0.319 e. The summed E-state index contributed by atoms with van der Waals surface area (Å²) in [7, 11) is 2.00. The molecule has 0 spiro atoms. The van der Waals surface area contributed by atoms with Crippen LogP contribution in [0.25, 0.3) is 0 Å². The lowest BCUT2D eigenvalue weighted by atomic mass is 10.0. The van der Waals surface area contributed by atoms with Crippen LogP contribution in [0.4, 0.5) is 0 Å². The molecule has 0 saturated heterocycles. The summed E-state index contributed by atoms with van der Waals surface area (Å²) in [5.41, 5.74) is 4.33. The zero-order valence-electron chi connectivity index (χ0n) is 8.85. The van der Waals surface area contributed by atoms with Gasteiger partial charge in [-0.25, -0.2) is 0 Å². The first kappa shape index (κ1) is 10.3. The number of benzene rings is 1. The van der Waals surface area contributed by atoms with Crippen LogP contribution in [0.3, 0.4) is 0 Å². The normalized spacial score (nSPS) is 10.4. The van der Waals surface area contributed by atoms with Gasteiger partial charge in [-0.3, -0.25) is 0 Å². The third-order valence-corrected chi connectivity index (χ3v) is 2.47. The Balaban J connectivity index is 2.78. The fourth-order valence-electron chi connectivity index (χ4n) is 1.47. The highest BCUT2D eigenvalue weighted by atomic mass is 14.8. The minimum absolute atomic E-state index is 1.06. The van der Waals surface area contributed by atoms with Gasteiger partial charge < -0.3 is 5.32 Å². The fraction of sp³-hybridized carbons (Fsp3) is 0.500. The second kappa shape index (κ2) is 5.03. The van der Waals surface area contributed by atoms with Crippen LogP contribution in [0.1, 0.15) is 23.6 Å². The number of aryl methyl sites for hydroxylation is 2. The average Bonchev–Trinajstić information content (AvgIpc) is 2.17. The Hall–Kier alpha value is -0.820. The van der Waals surface area contributed by atoms with Crippen molar-refractivity contribution in [1.29, 1.82) is 0 Å². The Morgan fingerprint density at radius 3 is 2.69 bits per heavy atom. The van der Waals surface area contributed by atoms with Crippen molar-refractivity contribution in [3.63, 3.8) is 0 Å². The number of hydrogen-bond donors (Lipinski definition) is 1. The van der Waals surface area contributed by atoms with Crippen LogP contribution in [-0.4, -0.2) is 13.6 Å². The van der Waals surface area contributed by atoms with Crippen LogP contribution in [-0.2, 0) is 12.8 Å². The third-order valence-electron chi connectivity index (χ3n) is 2.47. The number of likely N-dealkylation sites (N-methyl/N-ethyl adjacent to an activating group) is 1. The van der Waals surface area contributed by atoms with Crippen LogP contribution >= 0.6 is 0 Å². The van der Waals surface area contributed by atoms with E-state index in [9.17, 15) is 0 Å². The van der Waals surface area contributed by atoms with Gasteiger partial charge in [-0.1, -0.05) is 25.1 Å². The molecule has 1 heteroatoms. The Labute approximate surface area is 81.2 Å². The number of nitrogens with one attached hydrogen (secondary N) is 1. The molecular weight excluding hydrogens is 158 g/mol. The Bertz CT molecular complexity index is 266. The first-order chi connectivity index (χ1) is 6.27. The lowest BCUT2D eigenvalue weighted by Crippen LogP contribution is -2.11. The maximum atomic E-state index is 3.18. The van der Waals surface area contributed by atoms with Crippen molar-refractivity contribution in [3.05, 3.63) is 34.9 Å². The lowest BCUT2D eigenvalue weighted by molar-refractivity contribution is 0.787. The molecule has 0 radical (unpaired) electrons. The van der Waals surface area contributed by atoms with Crippen molar-refractivity contribution in [2.45, 2.75) is 26.7 Å². The molecule has 0 bridgehead atoms. The van der Waals surface area contributed by atoms with Gasteiger partial charge in [0.15, 0.2) is 0 Å². The van der Waals surface area contributed by atoms with Crippen molar-refractivity contribution in [3.8, 4) is 0 Å². The van der Waals surface area contributed by atoms with Gasteiger partial charge in [0.25, 0.3) is 0 Å². The molecule has 72 valence electrons. The molecule has 1 rings (SSSR count). The van der Waals surface area contributed by atoms with Crippen LogP contribution in [0.2, 0.25) is 0 Å². The summed E-state index contributed by atoms with van der Waals surface area (Å²) in [6, 6.07) is 6.77. The molecule has 0 heterocycles. The molecule has 0 unspecified atom stereocenters. The highest BCUT2D eigenvalue weighted by molar-refractivity contribution is 5.31. The highest BCUT2D eigenvalue weighted by Gasteiger charge is 1.98. The zero-order chi connectivity index (χ0) is 9.68. The Kier molecular flexibility index (Phi) is 3.97. The van der Waals surface area contributed by atoms with Crippen LogP contribution in [0, 0.1) is 6.92 Å². The summed E-state index contributed by atoms with van der Waals surface area (Å²) in [6.07, 6.45) is 2.27. The molecular formula is C12H19N. The molecule has 0 aliphatic heterocycles. The van der Waals surface area contributed by atoms with E-state index in [4.69, 9.17) is 0 Å². The summed E-state index contributed by atoms with van der Waals surface area (Å²) in [6.45, 7) is 5.45. The van der Waals surface area contributed by atoms with Gasteiger partial charge in [0.1, 0.15) is 0 Å². The minimum atomic E-state index is 1.06. The Morgan fingerprint density at radius 1 is 1.31 bits per heavy atom. The lowest BCUT2D eigenvalue weighted by Gasteiger charge is -2.07. The second-order valence-corrected chi connectivity index (χ2v) is 3.47. The highest BCUT2D eigenvalue weighted by Crippen LogP contribution is 2.11. The van der Waals surface area contributed by atoms with Gasteiger partial charge in [-0.2, -0.15) is 0 Å². The average molecular weight is 177 g/mol. The smallest absolute Gasteiger partial charge is 0.00113 e. The zero-order valence-corrected chi connectivity index (χ0v) is 8.85. The van der Waals surface area contributed by atoms with E-state index >= 15 is 0 Å². The van der Waals surface area contributed by atoms with E-state index in [1.165, 1.54) is 16.7 Å². The van der Waals surface area contributed by atoms with Crippen molar-refractivity contribution < 1.29 is 0 Å². The number of hydrogen-bond acceptors (Lipinski definition) is 1. The van der Waals surface area contributed by atoms with Gasteiger partial charge in [-0.15, -0.1) is 0 Å². The Morgan fingerprint density at radius 2 is 2.08 bits per heavy atom. The molecule has 0 aromatic heterocycles. The number of rotatable bonds is 4. The van der Waals surface area contributed by atoms with Crippen molar-refractivity contribution in [2.75, 3.05) is 13.6 Å². The summed E-state index contributed by atoms with van der Waals surface area (Å²) >= 11 is 0. The quantitative estimate of drug-likeness (QED) is 0.744. The summed E-state index contributed by atoms with van der Waals surface area (Å²) in [4.78, 5) is 0. The first-order valence-corrected chi connectivity index (χ1v) is 5.01. The predicted octanol–water partition coefficient (Wildman–Crippen LogP) is 2.32. The van der Waals surface area contributed by atoms with E-state index in [2.05, 4.69) is 37.4 Å². The molecule has 0 atom stereocenters. The standard InChI is InChI=1S/C12H19N/c1-4-11-6-5-10(2)12(9-11)7-8-13-3/h5-6,9,13H,4,7-8H2,1-3H3. The van der Waals surface area contributed by atoms with E-state index in [0.29, 0.717) is 0 Å². The summed E-state index contributed by atoms with van der Waals surface area (Å²) < 4.78 is 0. The van der Waals surface area contributed by atoms with Gasteiger partial charge in [0.05, 0.1) is 0 Å². The molecule has 1 aromatic carbocycles. The molecule has 1 nitrogen and oxygen atoms in total. The van der Waals surface area contributed by atoms with E-state index in [1.807, 2.05) is 7.05 Å². The summed E-state index contributed by atoms with van der Waals surface area (Å²) in [5.74, 6) is 0. The predicted molar refractivity (Wildman–Crippen MR) is 58.2 cm³/mol. The molecule has 13 heavy (non-hydrogen) atoms. The molecule has 0 fully saturated rings. The van der Waals surface area contributed by atoms with Gasteiger partial charge in [0.2, 0.25) is 0 Å².